The van der Waals surface area contributed by atoms with E-state index in [9.17, 15) is 27.2 Å². The van der Waals surface area contributed by atoms with E-state index in [1.807, 2.05) is 0 Å². The highest BCUT2D eigenvalue weighted by molar-refractivity contribution is 5.97. The van der Waals surface area contributed by atoms with Gasteiger partial charge >= 0.3 is 6.18 Å². The largest absolute Gasteiger partial charge is 0.493 e. The molecular formula is C21H23F4N3O5. The molecule has 8 nitrogen and oxygen atoms in total. The topological polar surface area (TPSA) is 97.9 Å². The van der Waals surface area contributed by atoms with Crippen LogP contribution in [0.4, 0.5) is 28.9 Å². The predicted molar refractivity (Wildman–Crippen MR) is 113 cm³/mol. The Kier molecular flexibility index (Phi) is 8.32. The van der Waals surface area contributed by atoms with E-state index >= 15 is 0 Å². The fourth-order valence-corrected chi connectivity index (χ4v) is 2.81. The zero-order valence-electron chi connectivity index (χ0n) is 18.3. The van der Waals surface area contributed by atoms with Crippen LogP contribution >= 0.6 is 0 Å². The quantitative estimate of drug-likeness (QED) is 0.483. The Labute approximate surface area is 187 Å². The summed E-state index contributed by atoms with van der Waals surface area (Å²) < 4.78 is 66.8. The van der Waals surface area contributed by atoms with E-state index in [-0.39, 0.29) is 23.4 Å². The van der Waals surface area contributed by atoms with Crippen molar-refractivity contribution in [1.82, 2.24) is 5.32 Å². The highest BCUT2D eigenvalue weighted by Gasteiger charge is 2.28. The second kappa shape index (κ2) is 10.7. The fraction of sp³-hybridized carbons (Fsp3) is 0.333. The number of amides is 2. The lowest BCUT2D eigenvalue weighted by atomic mass is 10.1. The Balaban J connectivity index is 2.12. The van der Waals surface area contributed by atoms with Gasteiger partial charge in [0, 0.05) is 34.6 Å². The van der Waals surface area contributed by atoms with E-state index in [4.69, 9.17) is 14.2 Å². The summed E-state index contributed by atoms with van der Waals surface area (Å²) in [4.78, 5) is 24.3. The maximum atomic E-state index is 14.2. The molecule has 180 valence electrons. The SMILES string of the molecule is COc1cc(NC(=O)CNc2cc(C(=O)NCC(F)(F)F)cc(F)c2C)cc(OC)c1OC. The van der Waals surface area contributed by atoms with Crippen LogP contribution in [-0.4, -0.2) is 52.4 Å². The van der Waals surface area contributed by atoms with Crippen molar-refractivity contribution in [2.45, 2.75) is 13.1 Å². The van der Waals surface area contributed by atoms with Crippen LogP contribution in [0.1, 0.15) is 15.9 Å². The molecule has 3 N–H and O–H groups in total. The van der Waals surface area contributed by atoms with E-state index < -0.39 is 30.4 Å². The summed E-state index contributed by atoms with van der Waals surface area (Å²) >= 11 is 0. The van der Waals surface area contributed by atoms with Crippen molar-refractivity contribution in [3.8, 4) is 17.2 Å². The second-order valence-corrected chi connectivity index (χ2v) is 6.74. The molecule has 0 heterocycles. The number of ether oxygens (including phenoxy) is 3. The standard InChI is InChI=1S/C21H23F4N3O5/c1-11-14(22)5-12(20(30)27-10-21(23,24)25)6-15(11)26-9-18(29)28-13-7-16(31-2)19(33-4)17(8-13)32-3/h5-8,26H,9-10H2,1-4H3,(H,27,30)(H,28,29). The molecule has 0 radical (unpaired) electrons. The molecule has 0 bridgehead atoms. The summed E-state index contributed by atoms with van der Waals surface area (Å²) in [5, 5.41) is 6.96. The molecule has 0 aromatic heterocycles. The molecule has 2 rings (SSSR count). The highest BCUT2D eigenvalue weighted by Crippen LogP contribution is 2.39. The average molecular weight is 473 g/mol. The van der Waals surface area contributed by atoms with Crippen LogP contribution in [0, 0.1) is 12.7 Å². The molecule has 2 amide bonds. The molecule has 0 aliphatic carbocycles. The Morgan fingerprint density at radius 2 is 1.58 bits per heavy atom. The smallest absolute Gasteiger partial charge is 0.405 e. The van der Waals surface area contributed by atoms with Gasteiger partial charge in [-0.2, -0.15) is 13.2 Å². The van der Waals surface area contributed by atoms with Gasteiger partial charge in [-0.1, -0.05) is 0 Å². The predicted octanol–water partition coefficient (Wildman–Crippen LogP) is 3.50. The Hall–Kier alpha value is -3.70. The molecular weight excluding hydrogens is 450 g/mol. The van der Waals surface area contributed by atoms with Gasteiger partial charge in [0.1, 0.15) is 12.4 Å². The second-order valence-electron chi connectivity index (χ2n) is 6.74. The Morgan fingerprint density at radius 1 is 0.970 bits per heavy atom. The first-order chi connectivity index (χ1) is 15.5. The lowest BCUT2D eigenvalue weighted by molar-refractivity contribution is -0.123. The van der Waals surface area contributed by atoms with Crippen LogP contribution in [-0.2, 0) is 4.79 Å². The van der Waals surface area contributed by atoms with Gasteiger partial charge in [-0.15, -0.1) is 0 Å². The molecule has 33 heavy (non-hydrogen) atoms. The first kappa shape index (κ1) is 25.6. The van der Waals surface area contributed by atoms with E-state index in [0.29, 0.717) is 22.9 Å². The number of anilines is 2. The molecule has 2 aromatic rings. The van der Waals surface area contributed by atoms with E-state index in [2.05, 4.69) is 10.6 Å². The van der Waals surface area contributed by atoms with E-state index in [1.54, 1.807) is 5.32 Å². The minimum absolute atomic E-state index is 0.0761. The number of halogens is 4. The van der Waals surface area contributed by atoms with Crippen molar-refractivity contribution in [2.75, 3.05) is 45.1 Å². The third-order valence-corrected chi connectivity index (χ3v) is 4.44. The summed E-state index contributed by atoms with van der Waals surface area (Å²) in [5.74, 6) is -1.48. The molecule has 0 atom stereocenters. The Bertz CT molecular complexity index is 1000. The van der Waals surface area contributed by atoms with Gasteiger partial charge in [-0.25, -0.2) is 4.39 Å². The van der Waals surface area contributed by atoms with Crippen LogP contribution < -0.4 is 30.2 Å². The fourth-order valence-electron chi connectivity index (χ4n) is 2.81. The summed E-state index contributed by atoms with van der Waals surface area (Å²) in [6.07, 6.45) is -4.61. The number of hydrogen-bond donors (Lipinski definition) is 3. The van der Waals surface area contributed by atoms with Gasteiger partial charge < -0.3 is 30.2 Å². The summed E-state index contributed by atoms with van der Waals surface area (Å²) in [6, 6.07) is 5.00. The lowest BCUT2D eigenvalue weighted by Gasteiger charge is -2.16. The molecule has 0 fully saturated rings. The summed E-state index contributed by atoms with van der Waals surface area (Å²) in [6.45, 7) is -0.488. The minimum atomic E-state index is -4.61. The molecule has 0 saturated heterocycles. The van der Waals surface area contributed by atoms with Crippen molar-refractivity contribution < 1.29 is 41.4 Å². The molecule has 0 aliphatic heterocycles. The molecule has 12 heteroatoms. The molecule has 0 unspecified atom stereocenters. The number of nitrogens with one attached hydrogen (secondary N) is 3. The van der Waals surface area contributed by atoms with Crippen molar-refractivity contribution in [3.05, 3.63) is 41.2 Å². The average Bonchev–Trinajstić information content (AvgIpc) is 2.76. The van der Waals surface area contributed by atoms with Gasteiger partial charge in [0.05, 0.1) is 27.9 Å². The van der Waals surface area contributed by atoms with Crippen molar-refractivity contribution >= 4 is 23.2 Å². The zero-order valence-corrected chi connectivity index (χ0v) is 18.3. The molecule has 0 aliphatic rings. The number of benzene rings is 2. The number of methoxy groups -OCH3 is 3. The minimum Gasteiger partial charge on any atom is -0.493 e. The maximum absolute atomic E-state index is 14.2. The van der Waals surface area contributed by atoms with Gasteiger partial charge in [0.25, 0.3) is 5.91 Å². The van der Waals surface area contributed by atoms with Crippen molar-refractivity contribution in [1.29, 1.82) is 0 Å². The van der Waals surface area contributed by atoms with Crippen LogP contribution in [0.5, 0.6) is 17.2 Å². The van der Waals surface area contributed by atoms with Crippen LogP contribution in [0.25, 0.3) is 0 Å². The molecule has 0 spiro atoms. The number of carbonyl (C=O) groups is 2. The van der Waals surface area contributed by atoms with Crippen LogP contribution in [0.15, 0.2) is 24.3 Å². The van der Waals surface area contributed by atoms with Gasteiger partial charge in [-0.3, -0.25) is 9.59 Å². The van der Waals surface area contributed by atoms with E-state index in [1.165, 1.54) is 40.4 Å². The zero-order chi connectivity index (χ0) is 24.8. The third-order valence-electron chi connectivity index (χ3n) is 4.44. The van der Waals surface area contributed by atoms with Crippen LogP contribution in [0.2, 0.25) is 0 Å². The molecule has 2 aromatic carbocycles. The molecule has 0 saturated carbocycles. The van der Waals surface area contributed by atoms with Gasteiger partial charge in [0.2, 0.25) is 11.7 Å². The van der Waals surface area contributed by atoms with Gasteiger partial charge in [0.15, 0.2) is 11.5 Å². The normalized spacial score (nSPS) is 10.9. The lowest BCUT2D eigenvalue weighted by Crippen LogP contribution is -2.33. The van der Waals surface area contributed by atoms with E-state index in [0.717, 1.165) is 12.1 Å². The van der Waals surface area contributed by atoms with Crippen LogP contribution in [0.3, 0.4) is 0 Å². The number of hydrogen-bond acceptors (Lipinski definition) is 6. The summed E-state index contributed by atoms with van der Waals surface area (Å²) in [7, 11) is 4.26. The first-order valence-corrected chi connectivity index (χ1v) is 9.47. The Morgan fingerprint density at radius 3 is 2.09 bits per heavy atom. The highest BCUT2D eigenvalue weighted by atomic mass is 19.4. The number of rotatable bonds is 9. The summed E-state index contributed by atoms with van der Waals surface area (Å²) in [5.41, 5.74) is 0.171. The number of alkyl halides is 3. The van der Waals surface area contributed by atoms with Crippen molar-refractivity contribution in [3.63, 3.8) is 0 Å². The van der Waals surface area contributed by atoms with Gasteiger partial charge in [-0.05, 0) is 19.1 Å². The first-order valence-electron chi connectivity index (χ1n) is 9.47. The van der Waals surface area contributed by atoms with Crippen molar-refractivity contribution in [2.24, 2.45) is 0 Å². The maximum Gasteiger partial charge on any atom is 0.405 e. The number of carbonyl (C=O) groups excluding carboxylic acids is 2. The third kappa shape index (κ3) is 6.89. The monoisotopic (exact) mass is 473 g/mol.